The number of fused-ring (bicyclic) bond motifs is 1. The highest BCUT2D eigenvalue weighted by Crippen LogP contribution is 2.21. The maximum absolute atomic E-state index is 13.8. The fraction of sp³-hybridized carbons (Fsp3) is 0.133. The molecule has 0 saturated heterocycles. The van der Waals surface area contributed by atoms with Crippen LogP contribution in [-0.2, 0) is 11.3 Å². The van der Waals surface area contributed by atoms with Crippen LogP contribution in [0.1, 0.15) is 0 Å². The van der Waals surface area contributed by atoms with E-state index in [2.05, 4.69) is 10.3 Å². The monoisotopic (exact) mass is 383 g/mol. The first-order valence-electron chi connectivity index (χ1n) is 6.76. The predicted molar refractivity (Wildman–Crippen MR) is 95.7 cm³/mol. The average molecular weight is 384 g/mol. The van der Waals surface area contributed by atoms with Crippen LogP contribution in [0, 0.1) is 5.82 Å². The minimum Gasteiger partial charge on any atom is -0.322 e. The van der Waals surface area contributed by atoms with Crippen molar-refractivity contribution in [2.24, 2.45) is 0 Å². The van der Waals surface area contributed by atoms with Crippen LogP contribution in [0.4, 0.5) is 10.1 Å². The quantitative estimate of drug-likeness (QED) is 0.552. The van der Waals surface area contributed by atoms with Gasteiger partial charge in [0.1, 0.15) is 17.1 Å². The summed E-state index contributed by atoms with van der Waals surface area (Å²) in [5, 5.41) is 4.88. The van der Waals surface area contributed by atoms with Gasteiger partial charge < -0.3 is 5.32 Å². The zero-order chi connectivity index (χ0) is 17.3. The number of anilines is 1. The molecule has 0 fully saturated rings. The lowest BCUT2D eigenvalue weighted by Gasteiger charge is -2.11. The van der Waals surface area contributed by atoms with Crippen molar-refractivity contribution < 1.29 is 9.18 Å². The van der Waals surface area contributed by atoms with Crippen LogP contribution in [0.5, 0.6) is 0 Å². The number of thioether (sulfide) groups is 1. The normalized spacial score (nSPS) is 11.0. The minimum atomic E-state index is -0.639. The van der Waals surface area contributed by atoms with Gasteiger partial charge >= 0.3 is 0 Å². The van der Waals surface area contributed by atoms with Gasteiger partial charge in [0.2, 0.25) is 5.91 Å². The molecule has 2 aromatic heterocycles. The van der Waals surface area contributed by atoms with E-state index in [1.54, 1.807) is 17.7 Å². The summed E-state index contributed by atoms with van der Waals surface area (Å²) in [6, 6.07) is 5.71. The molecule has 9 heteroatoms. The molecule has 0 spiro atoms. The fourth-order valence-corrected chi connectivity index (χ4v) is 3.64. The molecule has 0 unspecified atom stereocenters. The number of nitrogens with one attached hydrogen (secondary N) is 1. The van der Waals surface area contributed by atoms with E-state index in [9.17, 15) is 14.0 Å². The number of rotatable bonds is 4. The molecular formula is C15H11ClFN3O2S2. The van der Waals surface area contributed by atoms with E-state index in [0.717, 1.165) is 6.07 Å². The Hall–Kier alpha value is -1.90. The molecule has 124 valence electrons. The number of benzene rings is 1. The summed E-state index contributed by atoms with van der Waals surface area (Å²) in [6.45, 7) is -0.252. The highest BCUT2D eigenvalue weighted by Gasteiger charge is 2.15. The number of nitrogens with zero attached hydrogens (tertiary/aromatic N) is 2. The van der Waals surface area contributed by atoms with Crippen molar-refractivity contribution in [3.63, 3.8) is 0 Å². The minimum absolute atomic E-state index is 0.00770. The van der Waals surface area contributed by atoms with Gasteiger partial charge in [-0.15, -0.1) is 11.3 Å². The first-order chi connectivity index (χ1) is 11.5. The molecule has 3 aromatic rings. The molecule has 0 bridgehead atoms. The van der Waals surface area contributed by atoms with E-state index in [1.807, 2.05) is 0 Å². The van der Waals surface area contributed by atoms with Crippen LogP contribution in [0.3, 0.4) is 0 Å². The van der Waals surface area contributed by atoms with Gasteiger partial charge in [0.15, 0.2) is 5.16 Å². The summed E-state index contributed by atoms with van der Waals surface area (Å²) in [4.78, 5) is 29.1. The third-order valence-corrected chi connectivity index (χ3v) is 5.02. The maximum Gasteiger partial charge on any atom is 0.272 e. The zero-order valence-corrected chi connectivity index (χ0v) is 14.8. The topological polar surface area (TPSA) is 64.0 Å². The molecule has 1 amide bonds. The first-order valence-corrected chi connectivity index (χ1v) is 9.25. The van der Waals surface area contributed by atoms with E-state index >= 15 is 0 Å². The number of aromatic nitrogens is 2. The van der Waals surface area contributed by atoms with Crippen molar-refractivity contribution >= 4 is 56.5 Å². The molecule has 0 radical (unpaired) electrons. The zero-order valence-electron chi connectivity index (χ0n) is 12.4. The SMILES string of the molecule is CSc1nc2ccsc2c(=O)n1CC(=O)Nc1ccc(Cl)cc1F. The molecule has 1 N–H and O–H groups in total. The number of hydrogen-bond donors (Lipinski definition) is 1. The highest BCUT2D eigenvalue weighted by atomic mass is 35.5. The molecule has 24 heavy (non-hydrogen) atoms. The number of carbonyl (C=O) groups is 1. The summed E-state index contributed by atoms with van der Waals surface area (Å²) in [5.74, 6) is -1.16. The third kappa shape index (κ3) is 3.31. The number of carbonyl (C=O) groups excluding carboxylic acids is 1. The van der Waals surface area contributed by atoms with Crippen molar-refractivity contribution in [3.8, 4) is 0 Å². The summed E-state index contributed by atoms with van der Waals surface area (Å²) in [6.07, 6.45) is 1.77. The third-order valence-electron chi connectivity index (χ3n) is 3.22. The standard InChI is InChI=1S/C15H11ClFN3O2S2/c1-23-15-19-11-4-5-24-13(11)14(22)20(15)7-12(21)18-10-3-2-8(16)6-9(10)17/h2-6H,7H2,1H3,(H,18,21). The van der Waals surface area contributed by atoms with E-state index in [0.29, 0.717) is 15.4 Å². The summed E-state index contributed by atoms with van der Waals surface area (Å²) < 4.78 is 15.5. The van der Waals surface area contributed by atoms with E-state index < -0.39 is 11.7 Å². The van der Waals surface area contributed by atoms with Gasteiger partial charge in [0, 0.05) is 5.02 Å². The van der Waals surface area contributed by atoms with Crippen LogP contribution < -0.4 is 10.9 Å². The van der Waals surface area contributed by atoms with Crippen molar-refractivity contribution in [2.45, 2.75) is 11.7 Å². The number of halogens is 2. The summed E-state index contributed by atoms with van der Waals surface area (Å²) in [5.41, 5.74) is 0.328. The molecule has 5 nitrogen and oxygen atoms in total. The summed E-state index contributed by atoms with van der Waals surface area (Å²) >= 11 is 8.22. The van der Waals surface area contributed by atoms with Crippen molar-refractivity contribution in [3.05, 3.63) is 50.8 Å². The Kier molecular flexibility index (Phi) is 4.88. The Balaban J connectivity index is 1.90. The number of amides is 1. The lowest BCUT2D eigenvalue weighted by Crippen LogP contribution is -2.29. The maximum atomic E-state index is 13.8. The molecule has 0 saturated carbocycles. The van der Waals surface area contributed by atoms with Crippen LogP contribution in [-0.4, -0.2) is 21.7 Å². The molecule has 3 rings (SSSR count). The highest BCUT2D eigenvalue weighted by molar-refractivity contribution is 7.98. The van der Waals surface area contributed by atoms with Gasteiger partial charge in [0.05, 0.1) is 11.2 Å². The molecule has 2 heterocycles. The predicted octanol–water partition coefficient (Wildman–Crippen LogP) is 3.61. The second-order valence-corrected chi connectivity index (χ2v) is 6.92. The lowest BCUT2D eigenvalue weighted by molar-refractivity contribution is -0.116. The Morgan fingerprint density at radius 2 is 2.25 bits per heavy atom. The van der Waals surface area contributed by atoms with Gasteiger partial charge in [-0.25, -0.2) is 9.37 Å². The Morgan fingerprint density at radius 3 is 2.96 bits per heavy atom. The average Bonchev–Trinajstić information content (AvgIpc) is 3.01. The van der Waals surface area contributed by atoms with Gasteiger partial charge in [-0.1, -0.05) is 23.4 Å². The van der Waals surface area contributed by atoms with Gasteiger partial charge in [-0.2, -0.15) is 0 Å². The molecule has 0 aliphatic rings. The van der Waals surface area contributed by atoms with Gasteiger partial charge in [-0.3, -0.25) is 14.2 Å². The number of hydrogen-bond acceptors (Lipinski definition) is 5. The van der Waals surface area contributed by atoms with Crippen molar-refractivity contribution in [1.29, 1.82) is 0 Å². The first kappa shape index (κ1) is 16.9. The van der Waals surface area contributed by atoms with Gasteiger partial charge in [0.25, 0.3) is 5.56 Å². The van der Waals surface area contributed by atoms with E-state index in [-0.39, 0.29) is 22.8 Å². The van der Waals surface area contributed by atoms with Crippen LogP contribution >= 0.6 is 34.7 Å². The smallest absolute Gasteiger partial charge is 0.272 e. The van der Waals surface area contributed by atoms with Crippen molar-refractivity contribution in [1.82, 2.24) is 9.55 Å². The Morgan fingerprint density at radius 1 is 1.46 bits per heavy atom. The van der Waals surface area contributed by atoms with Gasteiger partial charge in [-0.05, 0) is 35.9 Å². The molecule has 0 aliphatic heterocycles. The molecular weight excluding hydrogens is 373 g/mol. The molecule has 1 aromatic carbocycles. The molecule has 0 aliphatic carbocycles. The summed E-state index contributed by atoms with van der Waals surface area (Å²) in [7, 11) is 0. The van der Waals surface area contributed by atoms with E-state index in [1.165, 1.54) is 39.8 Å². The van der Waals surface area contributed by atoms with Crippen LogP contribution in [0.25, 0.3) is 10.2 Å². The van der Waals surface area contributed by atoms with E-state index in [4.69, 9.17) is 11.6 Å². The second kappa shape index (κ2) is 6.92. The fourth-order valence-electron chi connectivity index (χ4n) is 2.14. The van der Waals surface area contributed by atoms with Crippen molar-refractivity contribution in [2.75, 3.05) is 11.6 Å². The Bertz CT molecular complexity index is 986. The van der Waals surface area contributed by atoms with Crippen LogP contribution in [0.15, 0.2) is 39.6 Å². The largest absolute Gasteiger partial charge is 0.322 e. The van der Waals surface area contributed by atoms with Crippen LogP contribution in [0.2, 0.25) is 5.02 Å². The lowest BCUT2D eigenvalue weighted by atomic mass is 10.3. The number of thiophene rings is 1. The second-order valence-electron chi connectivity index (χ2n) is 4.80. The Labute approximate surface area is 149 Å². The molecule has 0 atom stereocenters.